The van der Waals surface area contributed by atoms with Gasteiger partial charge in [0, 0.05) is 53.2 Å². The van der Waals surface area contributed by atoms with Crippen LogP contribution in [0.3, 0.4) is 0 Å². The number of fused-ring (bicyclic) bond motifs is 6. The molecule has 10 rings (SSSR count). The summed E-state index contributed by atoms with van der Waals surface area (Å²) >= 11 is 1.50. The summed E-state index contributed by atoms with van der Waals surface area (Å²) in [7, 11) is 0. The Labute approximate surface area is 299 Å². The lowest BCUT2D eigenvalue weighted by Gasteiger charge is -2.10. The van der Waals surface area contributed by atoms with Gasteiger partial charge in [0.1, 0.15) is 11.2 Å². The fourth-order valence-electron chi connectivity index (χ4n) is 6.79. The SMILES string of the molecule is [2H]c1c([2H])c([2H])c(-c2cccc3c2sc2c(-c4nc(-c5ccccc5)nc(-c5cccc6oc7c(-c8ccccc8)cccc7c56)n4)cccc23)c([2H])c1[2H]. The summed E-state index contributed by atoms with van der Waals surface area (Å²) in [5.74, 6) is 1.51. The van der Waals surface area contributed by atoms with Crippen LogP contribution in [0.2, 0.25) is 0 Å². The van der Waals surface area contributed by atoms with Gasteiger partial charge in [-0.2, -0.15) is 0 Å². The van der Waals surface area contributed by atoms with E-state index in [1.54, 1.807) is 0 Å². The average molecular weight is 663 g/mol. The summed E-state index contributed by atoms with van der Waals surface area (Å²) in [5, 5.41) is 3.73. The highest BCUT2D eigenvalue weighted by Crippen LogP contribution is 2.44. The van der Waals surface area contributed by atoms with Gasteiger partial charge in [-0.1, -0.05) is 152 Å². The number of benzene rings is 7. The van der Waals surface area contributed by atoms with Crippen LogP contribution >= 0.6 is 11.3 Å². The average Bonchev–Trinajstić information content (AvgIpc) is 3.82. The third-order valence-corrected chi connectivity index (χ3v) is 10.3. The van der Waals surface area contributed by atoms with Crippen LogP contribution in [0, 0.1) is 0 Å². The predicted octanol–water partition coefficient (Wildman–Crippen LogP) is 12.5. The molecular formula is C45H27N3OS. The van der Waals surface area contributed by atoms with Crippen molar-refractivity contribution < 1.29 is 11.3 Å². The van der Waals surface area contributed by atoms with Gasteiger partial charge < -0.3 is 4.42 Å². The number of hydrogen-bond donors (Lipinski definition) is 0. The van der Waals surface area contributed by atoms with E-state index >= 15 is 0 Å². The predicted molar refractivity (Wildman–Crippen MR) is 207 cm³/mol. The van der Waals surface area contributed by atoms with Gasteiger partial charge in [0.25, 0.3) is 0 Å². The van der Waals surface area contributed by atoms with Crippen LogP contribution in [-0.2, 0) is 0 Å². The Balaban J connectivity index is 1.22. The van der Waals surface area contributed by atoms with Gasteiger partial charge in [0.15, 0.2) is 17.5 Å². The third-order valence-electron chi connectivity index (χ3n) is 9.05. The van der Waals surface area contributed by atoms with E-state index < -0.39 is 6.04 Å². The smallest absolute Gasteiger partial charge is 0.165 e. The Morgan fingerprint density at radius 2 is 1.00 bits per heavy atom. The monoisotopic (exact) mass is 662 g/mol. The number of furan rings is 1. The molecule has 0 saturated carbocycles. The first kappa shape index (κ1) is 23.8. The maximum atomic E-state index is 8.72. The van der Waals surface area contributed by atoms with Crippen LogP contribution in [-0.4, -0.2) is 15.0 Å². The zero-order chi connectivity index (χ0) is 37.4. The van der Waals surface area contributed by atoms with Crippen molar-refractivity contribution in [1.29, 1.82) is 0 Å². The molecule has 50 heavy (non-hydrogen) atoms. The third kappa shape index (κ3) is 4.63. The van der Waals surface area contributed by atoms with Crippen molar-refractivity contribution >= 4 is 53.4 Å². The summed E-state index contributed by atoms with van der Waals surface area (Å²) in [4.78, 5) is 15.3. The standard InChI is InChI=1S/C45H27N3OS/c1-4-14-28(15-5-1)31-20-10-24-35-39-36(25-13-27-38(39)49-40(31)35)44-46-43(30-18-8-3-9-19-30)47-45(48-44)37-26-12-23-34-33-22-11-21-32(41(33)50-42(34)37)29-16-6-2-7-17-29/h1-27H/i2D,6D,7D,16D,17D. The van der Waals surface area contributed by atoms with Gasteiger partial charge in [-0.05, 0) is 28.8 Å². The summed E-state index contributed by atoms with van der Waals surface area (Å²) in [5.41, 5.74) is 6.79. The summed E-state index contributed by atoms with van der Waals surface area (Å²) in [6, 6.07) is 42.3. The molecule has 0 radical (unpaired) electrons. The molecule has 0 aliphatic carbocycles. The number of thiophene rings is 1. The fraction of sp³-hybridized carbons (Fsp3) is 0. The first-order chi connectivity index (χ1) is 26.9. The minimum Gasteiger partial charge on any atom is -0.455 e. The van der Waals surface area contributed by atoms with Crippen molar-refractivity contribution in [2.75, 3.05) is 0 Å². The Morgan fingerprint density at radius 3 is 1.74 bits per heavy atom. The molecule has 0 unspecified atom stereocenters. The molecule has 234 valence electrons. The molecule has 0 spiro atoms. The molecule has 0 fully saturated rings. The lowest BCUT2D eigenvalue weighted by atomic mass is 10.0. The largest absolute Gasteiger partial charge is 0.455 e. The van der Waals surface area contributed by atoms with Crippen LogP contribution < -0.4 is 0 Å². The molecular weight excluding hydrogens is 631 g/mol. The van der Waals surface area contributed by atoms with Gasteiger partial charge >= 0.3 is 0 Å². The van der Waals surface area contributed by atoms with E-state index in [0.29, 0.717) is 23.0 Å². The lowest BCUT2D eigenvalue weighted by Crippen LogP contribution is -2.00. The number of para-hydroxylation sites is 1. The highest BCUT2D eigenvalue weighted by Gasteiger charge is 2.21. The number of nitrogens with zero attached hydrogens (tertiary/aromatic N) is 3. The lowest BCUT2D eigenvalue weighted by molar-refractivity contribution is 0.670. The van der Waals surface area contributed by atoms with E-state index in [1.165, 1.54) is 11.3 Å². The van der Waals surface area contributed by atoms with Crippen molar-refractivity contribution in [3.05, 3.63) is 164 Å². The Bertz CT molecular complexity index is 3130. The molecule has 0 bridgehead atoms. The van der Waals surface area contributed by atoms with E-state index in [4.69, 9.17) is 26.2 Å². The summed E-state index contributed by atoms with van der Waals surface area (Å²) in [6.45, 7) is 0. The first-order valence-corrected chi connectivity index (χ1v) is 17.0. The molecule has 0 saturated heterocycles. The highest BCUT2D eigenvalue weighted by atomic mass is 32.1. The van der Waals surface area contributed by atoms with Crippen LogP contribution in [0.25, 0.3) is 98.5 Å². The normalized spacial score (nSPS) is 13.0. The Kier molecular flexibility index (Phi) is 5.54. The quantitative estimate of drug-likeness (QED) is 0.184. The fourth-order valence-corrected chi connectivity index (χ4v) is 8.12. The topological polar surface area (TPSA) is 51.8 Å². The number of aromatic nitrogens is 3. The molecule has 10 aromatic rings. The van der Waals surface area contributed by atoms with Gasteiger partial charge in [0.05, 0.1) is 6.85 Å². The van der Waals surface area contributed by atoms with Gasteiger partial charge in [0.2, 0.25) is 0 Å². The van der Waals surface area contributed by atoms with E-state index in [1.807, 2.05) is 109 Å². The summed E-state index contributed by atoms with van der Waals surface area (Å²) < 4.78 is 50.5. The Morgan fingerprint density at radius 1 is 0.440 bits per heavy atom. The van der Waals surface area contributed by atoms with Crippen LogP contribution in [0.15, 0.2) is 168 Å². The maximum absolute atomic E-state index is 8.72. The molecule has 3 aromatic heterocycles. The van der Waals surface area contributed by atoms with E-state index in [9.17, 15) is 0 Å². The summed E-state index contributed by atoms with van der Waals surface area (Å²) in [6.07, 6.45) is 0. The second-order valence-electron chi connectivity index (χ2n) is 12.0. The molecule has 5 heteroatoms. The molecule has 3 heterocycles. The minimum atomic E-state index is -0.417. The number of hydrogen-bond acceptors (Lipinski definition) is 5. The Hall–Kier alpha value is -6.43. The van der Waals surface area contributed by atoms with Crippen LogP contribution in [0.5, 0.6) is 0 Å². The molecule has 7 aromatic carbocycles. The van der Waals surface area contributed by atoms with Crippen molar-refractivity contribution in [2.45, 2.75) is 0 Å². The van der Waals surface area contributed by atoms with E-state index in [-0.39, 0.29) is 29.7 Å². The van der Waals surface area contributed by atoms with Crippen molar-refractivity contribution in [3.8, 4) is 56.4 Å². The van der Waals surface area contributed by atoms with Crippen LogP contribution in [0.1, 0.15) is 6.85 Å². The van der Waals surface area contributed by atoms with Gasteiger partial charge in [-0.3, -0.25) is 0 Å². The van der Waals surface area contributed by atoms with Gasteiger partial charge in [-0.25, -0.2) is 15.0 Å². The molecule has 0 aliphatic rings. The molecule has 0 amide bonds. The second kappa shape index (κ2) is 11.6. The minimum absolute atomic E-state index is 0.175. The molecule has 0 atom stereocenters. The van der Waals surface area contributed by atoms with Gasteiger partial charge in [-0.15, -0.1) is 11.3 Å². The highest BCUT2D eigenvalue weighted by molar-refractivity contribution is 7.26. The van der Waals surface area contributed by atoms with Crippen molar-refractivity contribution in [1.82, 2.24) is 15.0 Å². The maximum Gasteiger partial charge on any atom is 0.165 e. The number of rotatable bonds is 5. The zero-order valence-corrected chi connectivity index (χ0v) is 27.2. The molecule has 0 N–H and O–H groups in total. The zero-order valence-electron chi connectivity index (χ0n) is 31.4. The van der Waals surface area contributed by atoms with Crippen molar-refractivity contribution in [3.63, 3.8) is 0 Å². The molecule has 4 nitrogen and oxygen atoms in total. The van der Waals surface area contributed by atoms with Crippen LogP contribution in [0.4, 0.5) is 0 Å². The second-order valence-corrected chi connectivity index (χ2v) is 13.0. The first-order valence-electron chi connectivity index (χ1n) is 18.7. The van der Waals surface area contributed by atoms with E-state index in [2.05, 4.69) is 24.3 Å². The molecule has 0 aliphatic heterocycles. The van der Waals surface area contributed by atoms with E-state index in [0.717, 1.165) is 69.9 Å². The van der Waals surface area contributed by atoms with Crippen molar-refractivity contribution in [2.24, 2.45) is 0 Å².